The van der Waals surface area contributed by atoms with E-state index in [1.165, 1.54) is 4.90 Å². The molecule has 0 radical (unpaired) electrons. The van der Waals surface area contributed by atoms with Gasteiger partial charge in [0, 0.05) is 36.6 Å². The van der Waals surface area contributed by atoms with Gasteiger partial charge in [0.05, 0.1) is 31.7 Å². The highest BCUT2D eigenvalue weighted by atomic mass is 16.5. The Hall–Kier alpha value is -3.94. The molecule has 2 saturated heterocycles. The van der Waals surface area contributed by atoms with E-state index in [0.29, 0.717) is 50.7 Å². The summed E-state index contributed by atoms with van der Waals surface area (Å²) in [7, 11) is 0. The van der Waals surface area contributed by atoms with Gasteiger partial charge >= 0.3 is 0 Å². The van der Waals surface area contributed by atoms with Gasteiger partial charge in [-0.25, -0.2) is 0 Å². The Morgan fingerprint density at radius 1 is 1.00 bits per heavy atom. The lowest BCUT2D eigenvalue weighted by Crippen LogP contribution is -2.52. The third-order valence-corrected chi connectivity index (χ3v) is 7.19. The van der Waals surface area contributed by atoms with Crippen LogP contribution in [-0.2, 0) is 20.9 Å². The minimum Gasteiger partial charge on any atom is -0.491 e. The summed E-state index contributed by atoms with van der Waals surface area (Å²) in [5, 5.41) is 14.9. The van der Waals surface area contributed by atoms with Crippen LogP contribution in [0.4, 0.5) is 0 Å². The van der Waals surface area contributed by atoms with Crippen LogP contribution in [0.2, 0.25) is 0 Å². The number of fused-ring (bicyclic) bond motifs is 1. The van der Waals surface area contributed by atoms with E-state index in [1.807, 2.05) is 24.3 Å². The molecule has 2 aromatic rings. The molecule has 2 fully saturated rings. The van der Waals surface area contributed by atoms with E-state index < -0.39 is 11.9 Å². The zero-order chi connectivity index (χ0) is 26.5. The molecule has 3 aliphatic heterocycles. The summed E-state index contributed by atoms with van der Waals surface area (Å²) in [6.45, 7) is 3.16. The van der Waals surface area contributed by atoms with Crippen LogP contribution >= 0.6 is 0 Å². The number of carbonyl (C=O) groups is 3. The molecule has 38 heavy (non-hydrogen) atoms. The van der Waals surface area contributed by atoms with Crippen LogP contribution < -0.4 is 20.1 Å². The van der Waals surface area contributed by atoms with E-state index >= 15 is 0 Å². The van der Waals surface area contributed by atoms with Crippen LogP contribution in [-0.4, -0.2) is 68.2 Å². The van der Waals surface area contributed by atoms with Gasteiger partial charge in [-0.2, -0.15) is 5.26 Å². The fourth-order valence-corrected chi connectivity index (χ4v) is 5.22. The second-order valence-electron chi connectivity index (χ2n) is 9.56. The zero-order valence-electron chi connectivity index (χ0n) is 21.0. The number of rotatable bonds is 10. The molecule has 2 N–H and O–H groups in total. The van der Waals surface area contributed by atoms with E-state index in [1.54, 1.807) is 18.2 Å². The maximum atomic E-state index is 12.9. The first-order valence-corrected chi connectivity index (χ1v) is 12.9. The van der Waals surface area contributed by atoms with Crippen molar-refractivity contribution in [2.75, 3.05) is 39.5 Å². The molecule has 3 amide bonds. The molecule has 0 saturated carbocycles. The highest BCUT2D eigenvalue weighted by molar-refractivity contribution is 6.05. The van der Waals surface area contributed by atoms with Crippen molar-refractivity contribution >= 4 is 17.7 Å². The molecule has 5 rings (SSSR count). The Morgan fingerprint density at radius 2 is 1.82 bits per heavy atom. The minimum atomic E-state index is -0.660. The molecule has 3 aliphatic rings. The van der Waals surface area contributed by atoms with Crippen LogP contribution in [0.3, 0.4) is 0 Å². The third-order valence-electron chi connectivity index (χ3n) is 7.19. The highest BCUT2D eigenvalue weighted by Crippen LogP contribution is 2.33. The molecular formula is C28H30N4O6. The molecular weight excluding hydrogens is 488 g/mol. The Kier molecular flexibility index (Phi) is 7.86. The van der Waals surface area contributed by atoms with Crippen molar-refractivity contribution in [3.63, 3.8) is 0 Å². The van der Waals surface area contributed by atoms with Gasteiger partial charge in [-0.15, -0.1) is 0 Å². The second kappa shape index (κ2) is 11.6. The van der Waals surface area contributed by atoms with Gasteiger partial charge < -0.3 is 24.4 Å². The average molecular weight is 519 g/mol. The number of carbonyl (C=O) groups excluding carboxylic acids is 3. The number of ether oxygens (including phenoxy) is 3. The van der Waals surface area contributed by atoms with Crippen molar-refractivity contribution in [1.29, 1.82) is 5.26 Å². The van der Waals surface area contributed by atoms with Crippen molar-refractivity contribution in [1.82, 2.24) is 15.5 Å². The molecule has 2 aromatic carbocycles. The van der Waals surface area contributed by atoms with Crippen molar-refractivity contribution in [3.8, 4) is 17.6 Å². The van der Waals surface area contributed by atoms with Gasteiger partial charge in [-0.3, -0.25) is 19.7 Å². The molecule has 10 heteroatoms. The summed E-state index contributed by atoms with van der Waals surface area (Å²) in [6.07, 6.45) is 0.533. The minimum absolute atomic E-state index is 0.0296. The summed E-state index contributed by atoms with van der Waals surface area (Å²) in [5.41, 5.74) is 2.35. The van der Waals surface area contributed by atoms with E-state index in [2.05, 4.69) is 16.7 Å². The lowest BCUT2D eigenvalue weighted by molar-refractivity contribution is -0.136. The molecule has 3 atom stereocenters. The number of amides is 3. The number of hydrogen-bond acceptors (Lipinski definition) is 8. The summed E-state index contributed by atoms with van der Waals surface area (Å²) >= 11 is 0. The smallest absolute Gasteiger partial charge is 0.255 e. The number of piperidine rings is 1. The summed E-state index contributed by atoms with van der Waals surface area (Å²) in [4.78, 5) is 38.2. The third kappa shape index (κ3) is 5.49. The van der Waals surface area contributed by atoms with Gasteiger partial charge in [-0.1, -0.05) is 18.2 Å². The fourth-order valence-electron chi connectivity index (χ4n) is 5.22. The molecule has 0 spiro atoms. The summed E-state index contributed by atoms with van der Waals surface area (Å²) in [6, 6.07) is 14.8. The monoisotopic (exact) mass is 518 g/mol. The van der Waals surface area contributed by atoms with Crippen LogP contribution in [0.1, 0.15) is 40.2 Å². The number of hydrogen-bond donors (Lipinski definition) is 2. The summed E-state index contributed by atoms with van der Waals surface area (Å²) in [5.74, 6) is 0.490. The average Bonchev–Trinajstić information content (AvgIpc) is 3.53. The normalized spacial score (nSPS) is 22.7. The van der Waals surface area contributed by atoms with Gasteiger partial charge in [0.2, 0.25) is 11.8 Å². The molecule has 0 aromatic heterocycles. The molecule has 2 unspecified atom stereocenters. The zero-order valence-corrected chi connectivity index (χ0v) is 21.0. The van der Waals surface area contributed by atoms with Gasteiger partial charge in [0.15, 0.2) is 0 Å². The van der Waals surface area contributed by atoms with Crippen molar-refractivity contribution < 1.29 is 28.6 Å². The Balaban J connectivity index is 1.06. The number of nitrogens with one attached hydrogen (secondary N) is 2. The van der Waals surface area contributed by atoms with Crippen LogP contribution in [0.25, 0.3) is 0 Å². The van der Waals surface area contributed by atoms with Crippen molar-refractivity contribution in [3.05, 3.63) is 59.2 Å². The SMILES string of the molecule is N#C[C@@H]1CNCC1c1cccc(OCCOCCOc2cccc3c2CN(C2CCC(=O)NC2=O)C3=O)c1. The van der Waals surface area contributed by atoms with Crippen LogP contribution in [0.15, 0.2) is 42.5 Å². The maximum Gasteiger partial charge on any atom is 0.255 e. The Bertz CT molecular complexity index is 1260. The molecule has 198 valence electrons. The summed E-state index contributed by atoms with van der Waals surface area (Å²) < 4.78 is 17.4. The predicted octanol–water partition coefficient (Wildman–Crippen LogP) is 1.75. The first kappa shape index (κ1) is 25.7. The van der Waals surface area contributed by atoms with Gasteiger partial charge in [0.1, 0.15) is 30.8 Å². The molecule has 3 heterocycles. The molecule has 10 nitrogen and oxygen atoms in total. The number of nitrogens with zero attached hydrogens (tertiary/aromatic N) is 2. The Labute approximate surface area is 220 Å². The first-order chi connectivity index (χ1) is 18.5. The van der Waals surface area contributed by atoms with Crippen molar-refractivity contribution in [2.24, 2.45) is 5.92 Å². The van der Waals surface area contributed by atoms with Crippen molar-refractivity contribution in [2.45, 2.75) is 31.3 Å². The maximum absolute atomic E-state index is 12.9. The fraction of sp³-hybridized carbons (Fsp3) is 0.429. The lowest BCUT2D eigenvalue weighted by Gasteiger charge is -2.29. The van der Waals surface area contributed by atoms with E-state index in [4.69, 9.17) is 14.2 Å². The Morgan fingerprint density at radius 3 is 2.63 bits per heavy atom. The largest absolute Gasteiger partial charge is 0.491 e. The molecule has 0 bridgehead atoms. The number of imide groups is 1. The quantitative estimate of drug-likeness (QED) is 0.359. The van der Waals surface area contributed by atoms with Crippen LogP contribution in [0.5, 0.6) is 11.5 Å². The number of benzene rings is 2. The number of nitriles is 1. The standard InChI is InChI=1S/C28H30N4O6/c29-14-19-15-30-16-22(19)18-3-1-4-20(13-18)37-11-9-36-10-12-38-25-6-2-5-21-23(25)17-32(28(21)35)24-7-8-26(33)31-27(24)34/h1-6,13,19,22,24,30H,7-12,15-17H2,(H,31,33,34)/t19-,22?,24?/m1/s1. The first-order valence-electron chi connectivity index (χ1n) is 12.9. The highest BCUT2D eigenvalue weighted by Gasteiger charge is 2.40. The van der Waals surface area contributed by atoms with E-state index in [9.17, 15) is 19.6 Å². The second-order valence-corrected chi connectivity index (χ2v) is 9.56. The van der Waals surface area contributed by atoms with E-state index in [-0.39, 0.29) is 36.6 Å². The van der Waals surface area contributed by atoms with Crippen LogP contribution in [0, 0.1) is 17.2 Å². The van der Waals surface area contributed by atoms with Gasteiger partial charge in [0.25, 0.3) is 5.91 Å². The van der Waals surface area contributed by atoms with Gasteiger partial charge in [-0.05, 0) is 36.2 Å². The molecule has 0 aliphatic carbocycles. The predicted molar refractivity (Wildman–Crippen MR) is 135 cm³/mol. The lowest BCUT2D eigenvalue weighted by atomic mass is 9.90. The topological polar surface area (TPSA) is 130 Å². The van der Waals surface area contributed by atoms with E-state index in [0.717, 1.165) is 23.4 Å².